The number of hydrogen-bond donors (Lipinski definition) is 10. The monoisotopic (exact) mass is 472 g/mol. The Kier molecular flexibility index (Phi) is 8.79. The first-order valence-electron chi connectivity index (χ1n) is 10.4. The van der Waals surface area contributed by atoms with E-state index >= 15 is 0 Å². The maximum atomic E-state index is 10.6. The lowest BCUT2D eigenvalue weighted by Gasteiger charge is -2.47. The van der Waals surface area contributed by atoms with Crippen LogP contribution >= 0.6 is 0 Å². The van der Waals surface area contributed by atoms with Gasteiger partial charge in [-0.3, -0.25) is 0 Å². The summed E-state index contributed by atoms with van der Waals surface area (Å²) >= 11 is 0. The van der Waals surface area contributed by atoms with Gasteiger partial charge in [0.15, 0.2) is 12.6 Å². The summed E-state index contributed by atoms with van der Waals surface area (Å²) in [4.78, 5) is 0. The van der Waals surface area contributed by atoms with Gasteiger partial charge in [0.05, 0.1) is 25.4 Å². The molecule has 14 atom stereocenters. The zero-order valence-corrected chi connectivity index (χ0v) is 17.0. The molecule has 14 heteroatoms. The SMILES string of the molecule is OC[C@@H]1O[C@H](O[C@H]2[C@@H](O)[C@@H](O)[C@@H](O[C@@H]3CC[C@@H](O)[C@@H](O)[C@H]3O)O[C@H]2CO)[C@H](O)[C@H](O)[C@@H]1O. The van der Waals surface area contributed by atoms with Crippen LogP contribution < -0.4 is 0 Å². The van der Waals surface area contributed by atoms with Crippen molar-refractivity contribution in [3.63, 3.8) is 0 Å². The molecule has 1 saturated carbocycles. The second-order valence-corrected chi connectivity index (χ2v) is 8.31. The van der Waals surface area contributed by atoms with Crippen LogP contribution in [0.3, 0.4) is 0 Å². The van der Waals surface area contributed by atoms with E-state index in [1.54, 1.807) is 0 Å². The van der Waals surface area contributed by atoms with E-state index in [-0.39, 0.29) is 12.8 Å². The second kappa shape index (κ2) is 10.8. The van der Waals surface area contributed by atoms with Gasteiger partial charge in [0.2, 0.25) is 0 Å². The topological polar surface area (TPSA) is 239 Å². The van der Waals surface area contributed by atoms with Gasteiger partial charge in [-0.05, 0) is 12.8 Å². The highest BCUT2D eigenvalue weighted by Gasteiger charge is 2.51. The number of aliphatic hydroxyl groups excluding tert-OH is 10. The molecule has 188 valence electrons. The molecule has 3 fully saturated rings. The maximum absolute atomic E-state index is 10.6. The summed E-state index contributed by atoms with van der Waals surface area (Å²) < 4.78 is 21.6. The summed E-state index contributed by atoms with van der Waals surface area (Å²) in [5, 5.41) is 99.3. The Bertz CT molecular complexity index is 592. The molecule has 3 rings (SSSR count). The van der Waals surface area contributed by atoms with Crippen LogP contribution in [0.25, 0.3) is 0 Å². The van der Waals surface area contributed by atoms with E-state index in [1.807, 2.05) is 0 Å². The first-order chi connectivity index (χ1) is 15.1. The minimum absolute atomic E-state index is 0.112. The summed E-state index contributed by atoms with van der Waals surface area (Å²) in [6, 6.07) is 0. The van der Waals surface area contributed by atoms with Crippen molar-refractivity contribution in [2.24, 2.45) is 0 Å². The number of rotatable bonds is 6. The molecule has 32 heavy (non-hydrogen) atoms. The van der Waals surface area contributed by atoms with Crippen molar-refractivity contribution >= 4 is 0 Å². The van der Waals surface area contributed by atoms with Gasteiger partial charge < -0.3 is 70.0 Å². The number of aliphatic hydroxyl groups is 10. The van der Waals surface area contributed by atoms with Crippen molar-refractivity contribution in [1.29, 1.82) is 0 Å². The molecule has 2 heterocycles. The third-order valence-electron chi connectivity index (χ3n) is 6.14. The summed E-state index contributed by atoms with van der Waals surface area (Å²) in [6.45, 7) is -1.44. The Hall–Kier alpha value is -0.560. The zero-order chi connectivity index (χ0) is 23.7. The van der Waals surface area contributed by atoms with Gasteiger partial charge in [0.25, 0.3) is 0 Å². The van der Waals surface area contributed by atoms with Crippen LogP contribution in [-0.4, -0.2) is 150 Å². The normalized spacial score (nSPS) is 52.7. The molecular weight excluding hydrogens is 440 g/mol. The van der Waals surface area contributed by atoms with Crippen LogP contribution in [0.15, 0.2) is 0 Å². The molecule has 0 aromatic carbocycles. The third kappa shape index (κ3) is 5.08. The quantitative estimate of drug-likeness (QED) is 0.173. The van der Waals surface area contributed by atoms with E-state index in [9.17, 15) is 51.1 Å². The van der Waals surface area contributed by atoms with Crippen molar-refractivity contribution in [3.8, 4) is 0 Å². The van der Waals surface area contributed by atoms with Crippen LogP contribution in [0.4, 0.5) is 0 Å². The molecule has 2 aliphatic heterocycles. The average molecular weight is 472 g/mol. The molecule has 10 N–H and O–H groups in total. The molecule has 1 aliphatic carbocycles. The van der Waals surface area contributed by atoms with Gasteiger partial charge >= 0.3 is 0 Å². The summed E-state index contributed by atoms with van der Waals surface area (Å²) in [7, 11) is 0. The summed E-state index contributed by atoms with van der Waals surface area (Å²) in [5.41, 5.74) is 0. The lowest BCUT2D eigenvalue weighted by Crippen LogP contribution is -2.65. The van der Waals surface area contributed by atoms with E-state index in [1.165, 1.54) is 0 Å². The van der Waals surface area contributed by atoms with Crippen LogP contribution in [0.5, 0.6) is 0 Å². The van der Waals surface area contributed by atoms with E-state index in [0.717, 1.165) is 0 Å². The minimum Gasteiger partial charge on any atom is -0.394 e. The van der Waals surface area contributed by atoms with E-state index < -0.39 is 99.0 Å². The fraction of sp³-hybridized carbons (Fsp3) is 1.00. The summed E-state index contributed by atoms with van der Waals surface area (Å²) in [5.74, 6) is 0. The van der Waals surface area contributed by atoms with Gasteiger partial charge in [-0.15, -0.1) is 0 Å². The number of hydrogen-bond acceptors (Lipinski definition) is 14. The second-order valence-electron chi connectivity index (χ2n) is 8.31. The highest BCUT2D eigenvalue weighted by Crippen LogP contribution is 2.32. The molecule has 2 saturated heterocycles. The molecule has 0 radical (unpaired) electrons. The number of ether oxygens (including phenoxy) is 4. The summed E-state index contributed by atoms with van der Waals surface area (Å²) in [6.07, 6.45) is -20.8. The maximum Gasteiger partial charge on any atom is 0.187 e. The van der Waals surface area contributed by atoms with Gasteiger partial charge in [-0.1, -0.05) is 0 Å². The molecule has 0 unspecified atom stereocenters. The molecule has 0 amide bonds. The van der Waals surface area contributed by atoms with Crippen molar-refractivity contribution < 1.29 is 70.0 Å². The molecule has 0 bridgehead atoms. The van der Waals surface area contributed by atoms with Crippen LogP contribution in [0.2, 0.25) is 0 Å². The lowest BCUT2D eigenvalue weighted by molar-refractivity contribution is -0.366. The predicted octanol–water partition coefficient (Wildman–Crippen LogP) is -6.13. The molecule has 0 aromatic heterocycles. The van der Waals surface area contributed by atoms with E-state index in [0.29, 0.717) is 0 Å². The Morgan fingerprint density at radius 3 is 1.75 bits per heavy atom. The largest absolute Gasteiger partial charge is 0.394 e. The van der Waals surface area contributed by atoms with Crippen LogP contribution in [-0.2, 0) is 18.9 Å². The van der Waals surface area contributed by atoms with Gasteiger partial charge in [-0.25, -0.2) is 0 Å². The zero-order valence-electron chi connectivity index (χ0n) is 17.0. The van der Waals surface area contributed by atoms with Crippen LogP contribution in [0, 0.1) is 0 Å². The average Bonchev–Trinajstić information content (AvgIpc) is 2.78. The Labute approximate surface area is 182 Å². The third-order valence-corrected chi connectivity index (χ3v) is 6.14. The van der Waals surface area contributed by atoms with Gasteiger partial charge in [0, 0.05) is 0 Å². The molecular formula is C18H32O14. The first kappa shape index (κ1) is 26.1. The van der Waals surface area contributed by atoms with Gasteiger partial charge in [-0.2, -0.15) is 0 Å². The highest BCUT2D eigenvalue weighted by atomic mass is 16.7. The van der Waals surface area contributed by atoms with Crippen molar-refractivity contribution in [2.75, 3.05) is 13.2 Å². The van der Waals surface area contributed by atoms with E-state index in [2.05, 4.69) is 0 Å². The van der Waals surface area contributed by atoms with Crippen LogP contribution in [0.1, 0.15) is 12.8 Å². The Morgan fingerprint density at radius 2 is 1.12 bits per heavy atom. The molecule has 3 aliphatic rings. The van der Waals surface area contributed by atoms with Crippen molar-refractivity contribution in [3.05, 3.63) is 0 Å². The fourth-order valence-corrected chi connectivity index (χ4v) is 4.11. The van der Waals surface area contributed by atoms with Crippen molar-refractivity contribution in [2.45, 2.75) is 98.7 Å². The molecule has 0 spiro atoms. The van der Waals surface area contributed by atoms with Crippen molar-refractivity contribution in [1.82, 2.24) is 0 Å². The first-order valence-corrected chi connectivity index (χ1v) is 10.4. The fourth-order valence-electron chi connectivity index (χ4n) is 4.11. The smallest absolute Gasteiger partial charge is 0.187 e. The highest BCUT2D eigenvalue weighted by molar-refractivity contribution is 4.95. The predicted molar refractivity (Wildman–Crippen MR) is 98.5 cm³/mol. The van der Waals surface area contributed by atoms with Gasteiger partial charge in [0.1, 0.15) is 61.0 Å². The molecule has 14 nitrogen and oxygen atoms in total. The standard InChI is InChI=1S/C18H32O14/c19-3-7-11(24)12(25)14(27)18(30-7)32-16-8(4-20)31-17(15(28)13(16)26)29-6-2-1-5(21)9(22)10(6)23/h5-28H,1-4H2/t5-,6-,7+,8+,9-,10+,11-,12-,13+,14-,15-,16-,17+,18-/m1/s1. The Morgan fingerprint density at radius 1 is 0.562 bits per heavy atom. The lowest BCUT2D eigenvalue weighted by atomic mass is 9.89. The Balaban J connectivity index is 1.67. The molecule has 0 aromatic rings. The minimum atomic E-state index is -1.78. The van der Waals surface area contributed by atoms with E-state index in [4.69, 9.17) is 18.9 Å².